The summed E-state index contributed by atoms with van der Waals surface area (Å²) in [7, 11) is 1.35. The molecule has 236 valence electrons. The van der Waals surface area contributed by atoms with E-state index < -0.39 is 53.1 Å². The quantitative estimate of drug-likeness (QED) is 0.206. The lowest BCUT2D eigenvalue weighted by atomic mass is 9.83. The maximum atomic E-state index is 14.8. The van der Waals surface area contributed by atoms with Crippen molar-refractivity contribution in [3.8, 4) is 16.9 Å². The number of allylic oxidation sites excluding steroid dienone is 1. The van der Waals surface area contributed by atoms with Crippen LogP contribution in [0, 0.1) is 29.4 Å². The van der Waals surface area contributed by atoms with E-state index in [4.69, 9.17) is 10.5 Å². The van der Waals surface area contributed by atoms with Crippen LogP contribution in [0.15, 0.2) is 65.7 Å². The minimum Gasteiger partial charge on any atom is -0.496 e. The van der Waals surface area contributed by atoms with Gasteiger partial charge in [-0.1, -0.05) is 17.2 Å². The highest BCUT2D eigenvalue weighted by Crippen LogP contribution is 2.54. The lowest BCUT2D eigenvalue weighted by molar-refractivity contribution is -0.140. The molecule has 2 aliphatic carbocycles. The number of ether oxygens (including phenoxy) is 1. The maximum Gasteiger partial charge on any atom is 0.419 e. The van der Waals surface area contributed by atoms with Crippen LogP contribution < -0.4 is 21.1 Å². The first-order chi connectivity index (χ1) is 21.2. The lowest BCUT2D eigenvalue weighted by Gasteiger charge is -2.30. The summed E-state index contributed by atoms with van der Waals surface area (Å²) in [6.07, 6.45) is -3.64. The summed E-state index contributed by atoms with van der Waals surface area (Å²) < 4.78 is 74.0. The summed E-state index contributed by atoms with van der Waals surface area (Å²) in [5.41, 5.74) is 6.01. The number of rotatable bonds is 7. The summed E-state index contributed by atoms with van der Waals surface area (Å²) in [5.74, 6) is -5.25. The second kappa shape index (κ2) is 12.0. The van der Waals surface area contributed by atoms with Gasteiger partial charge in [0.15, 0.2) is 0 Å². The second-order valence-corrected chi connectivity index (χ2v) is 11.4. The summed E-state index contributed by atoms with van der Waals surface area (Å²) in [4.78, 5) is 39.2. The van der Waals surface area contributed by atoms with Crippen LogP contribution in [-0.4, -0.2) is 30.9 Å². The van der Waals surface area contributed by atoms with Crippen LogP contribution in [0.5, 0.6) is 5.75 Å². The van der Waals surface area contributed by atoms with Crippen LogP contribution in [0.1, 0.15) is 53.0 Å². The number of fused-ring (bicyclic) bond motifs is 2. The van der Waals surface area contributed by atoms with Crippen molar-refractivity contribution < 1.29 is 41.1 Å². The molecule has 2 fully saturated rings. The third-order valence-electron chi connectivity index (χ3n) is 8.56. The van der Waals surface area contributed by atoms with E-state index in [9.17, 15) is 36.3 Å². The normalized spacial score (nSPS) is 20.6. The van der Waals surface area contributed by atoms with E-state index in [0.29, 0.717) is 25.0 Å². The van der Waals surface area contributed by atoms with Crippen molar-refractivity contribution in [3.63, 3.8) is 0 Å². The Morgan fingerprint density at radius 2 is 1.60 bits per heavy atom. The highest BCUT2D eigenvalue weighted by atomic mass is 19.4. The maximum absolute atomic E-state index is 14.8. The van der Waals surface area contributed by atoms with Gasteiger partial charge in [0.25, 0.3) is 5.91 Å². The van der Waals surface area contributed by atoms with Gasteiger partial charge in [-0.3, -0.25) is 14.4 Å². The monoisotopic (exact) mass is 627 g/mol. The topological polar surface area (TPSA) is 111 Å². The van der Waals surface area contributed by atoms with E-state index in [2.05, 4.69) is 10.6 Å². The smallest absolute Gasteiger partial charge is 0.419 e. The number of hydrogen-bond donors (Lipinski definition) is 3. The third-order valence-corrected chi connectivity index (χ3v) is 8.56. The molecule has 7 nitrogen and oxygen atoms in total. The Morgan fingerprint density at radius 1 is 0.911 bits per heavy atom. The number of anilines is 1. The number of carbonyl (C=O) groups is 3. The molecule has 12 heteroatoms. The van der Waals surface area contributed by atoms with Gasteiger partial charge in [-0.2, -0.15) is 13.2 Å². The first-order valence-corrected chi connectivity index (χ1v) is 14.1. The molecule has 2 saturated carbocycles. The predicted molar refractivity (Wildman–Crippen MR) is 156 cm³/mol. The van der Waals surface area contributed by atoms with Gasteiger partial charge in [0, 0.05) is 28.8 Å². The van der Waals surface area contributed by atoms with Crippen LogP contribution in [0.3, 0.4) is 0 Å². The largest absolute Gasteiger partial charge is 0.496 e. The van der Waals surface area contributed by atoms with Crippen molar-refractivity contribution in [1.82, 2.24) is 5.32 Å². The standard InChI is InChI=1S/C33H30F5N3O4/c1-15(2)27-19-7-8-20(27)29(28(19)32(44)40-18-6-10-25(35)23(14-18)33(36,37)38)41-31(43)22-12-16(5-11-26(22)45-3)21-13-17(30(39)42)4-9-24(21)34/h4-6,9-14,19-20,28-29H,7-8H2,1-3H3,(H2,39,42)(H,40,44)(H,41,43)/t19?,20?,28-,29+/m0/s1. The Hall–Kier alpha value is -4.74. The Bertz CT molecular complexity index is 1730. The first-order valence-electron chi connectivity index (χ1n) is 14.1. The first kappa shape index (κ1) is 31.7. The zero-order chi connectivity index (χ0) is 32.8. The summed E-state index contributed by atoms with van der Waals surface area (Å²) in [6.45, 7) is 3.80. The van der Waals surface area contributed by atoms with E-state index in [1.165, 1.54) is 37.4 Å². The number of halogens is 5. The number of benzene rings is 3. The number of methoxy groups -OCH3 is 1. The Kier molecular flexibility index (Phi) is 8.43. The van der Waals surface area contributed by atoms with E-state index >= 15 is 0 Å². The molecule has 0 spiro atoms. The van der Waals surface area contributed by atoms with Gasteiger partial charge >= 0.3 is 6.18 Å². The van der Waals surface area contributed by atoms with Crippen LogP contribution in [0.25, 0.3) is 11.1 Å². The fourth-order valence-electron chi connectivity index (χ4n) is 6.70. The van der Waals surface area contributed by atoms with Crippen LogP contribution in [0.2, 0.25) is 0 Å². The Balaban J connectivity index is 1.48. The van der Waals surface area contributed by atoms with Gasteiger partial charge in [0.2, 0.25) is 11.8 Å². The van der Waals surface area contributed by atoms with Crippen LogP contribution >= 0.6 is 0 Å². The molecular weight excluding hydrogens is 597 g/mol. The molecule has 0 heterocycles. The van der Waals surface area contributed by atoms with Gasteiger partial charge in [-0.05, 0) is 86.7 Å². The molecule has 0 saturated heterocycles. The van der Waals surface area contributed by atoms with Crippen molar-refractivity contribution >= 4 is 23.4 Å². The molecule has 0 aromatic heterocycles. The van der Waals surface area contributed by atoms with E-state index in [1.54, 1.807) is 0 Å². The SMILES string of the molecule is COc1ccc(-c2cc(C(N)=O)ccc2F)cc1C(=O)N[C@@H]1C2CCC(C2=C(C)C)[C@@H]1C(=O)Nc1ccc(F)c(C(F)(F)F)c1. The molecule has 2 unspecified atom stereocenters. The number of nitrogens with two attached hydrogens (primary N) is 1. The number of hydrogen-bond acceptors (Lipinski definition) is 4. The van der Waals surface area contributed by atoms with Crippen molar-refractivity contribution in [2.75, 3.05) is 12.4 Å². The number of amides is 3. The molecule has 45 heavy (non-hydrogen) atoms. The summed E-state index contributed by atoms with van der Waals surface area (Å²) in [5, 5.41) is 5.45. The van der Waals surface area contributed by atoms with Crippen molar-refractivity contribution in [3.05, 3.63) is 94.1 Å². The van der Waals surface area contributed by atoms with E-state index in [0.717, 1.165) is 23.3 Å². The van der Waals surface area contributed by atoms with Crippen LogP contribution in [0.4, 0.5) is 27.6 Å². The molecule has 0 aliphatic heterocycles. The average molecular weight is 628 g/mol. The van der Waals surface area contributed by atoms with Gasteiger partial charge in [0.05, 0.1) is 24.2 Å². The molecule has 3 amide bonds. The number of primary amides is 1. The molecule has 3 aromatic carbocycles. The number of nitrogens with one attached hydrogen (secondary N) is 2. The molecule has 4 N–H and O–H groups in total. The molecule has 2 bridgehead atoms. The number of alkyl halides is 3. The fraction of sp³-hybridized carbons (Fsp3) is 0.303. The van der Waals surface area contributed by atoms with Crippen molar-refractivity contribution in [1.29, 1.82) is 0 Å². The van der Waals surface area contributed by atoms with Crippen LogP contribution in [-0.2, 0) is 11.0 Å². The minimum atomic E-state index is -4.96. The highest BCUT2D eigenvalue weighted by molar-refractivity contribution is 6.00. The zero-order valence-electron chi connectivity index (χ0n) is 24.5. The van der Waals surface area contributed by atoms with Crippen molar-refractivity contribution in [2.24, 2.45) is 23.5 Å². The number of carbonyl (C=O) groups excluding carboxylic acids is 3. The minimum absolute atomic E-state index is 0.0320. The highest BCUT2D eigenvalue weighted by Gasteiger charge is 2.55. The third kappa shape index (κ3) is 6.01. The predicted octanol–water partition coefficient (Wildman–Crippen LogP) is 6.49. The van der Waals surface area contributed by atoms with Gasteiger partial charge in [-0.15, -0.1) is 0 Å². The molecule has 5 rings (SSSR count). The van der Waals surface area contributed by atoms with Gasteiger partial charge in [0.1, 0.15) is 17.4 Å². The molecule has 2 aliphatic rings. The van der Waals surface area contributed by atoms with E-state index in [-0.39, 0.29) is 45.5 Å². The second-order valence-electron chi connectivity index (χ2n) is 11.4. The zero-order valence-corrected chi connectivity index (χ0v) is 24.5. The van der Waals surface area contributed by atoms with Crippen molar-refractivity contribution in [2.45, 2.75) is 38.9 Å². The molecule has 3 aromatic rings. The fourth-order valence-corrected chi connectivity index (χ4v) is 6.70. The molecule has 4 atom stereocenters. The lowest BCUT2D eigenvalue weighted by Crippen LogP contribution is -2.48. The van der Waals surface area contributed by atoms with Gasteiger partial charge in [-0.25, -0.2) is 8.78 Å². The molecule has 0 radical (unpaired) electrons. The summed E-state index contributed by atoms with van der Waals surface area (Å²) in [6, 6.07) is 9.51. The average Bonchev–Trinajstić information content (AvgIpc) is 3.54. The van der Waals surface area contributed by atoms with Gasteiger partial charge < -0.3 is 21.1 Å². The summed E-state index contributed by atoms with van der Waals surface area (Å²) >= 11 is 0. The molecular formula is C33H30F5N3O4. The Morgan fingerprint density at radius 3 is 2.24 bits per heavy atom. The van der Waals surface area contributed by atoms with E-state index in [1.807, 2.05) is 13.8 Å². The Labute approximate surface area is 255 Å².